The first-order chi connectivity index (χ1) is 9.76. The molecule has 0 radical (unpaired) electrons. The molecule has 0 saturated carbocycles. The molecule has 1 heterocycles. The lowest BCUT2D eigenvalue weighted by Gasteiger charge is -2.05. The Balaban J connectivity index is 1.90. The first-order valence-electron chi connectivity index (χ1n) is 6.62. The van der Waals surface area contributed by atoms with Gasteiger partial charge in [-0.3, -0.25) is 0 Å². The zero-order valence-electron chi connectivity index (χ0n) is 11.3. The predicted octanol–water partition coefficient (Wildman–Crippen LogP) is 2.79. The van der Waals surface area contributed by atoms with Crippen LogP contribution in [0.4, 0.5) is 5.69 Å². The third-order valence-electron chi connectivity index (χ3n) is 2.94. The number of nitrogens with two attached hydrogens (primary N) is 1. The van der Waals surface area contributed by atoms with E-state index in [2.05, 4.69) is 17.1 Å². The molecule has 0 fully saturated rings. The fourth-order valence-electron chi connectivity index (χ4n) is 1.94. The van der Waals surface area contributed by atoms with E-state index >= 15 is 0 Å². The average Bonchev–Trinajstić information content (AvgIpc) is 2.88. The molecule has 2 N–H and O–H groups in total. The predicted molar refractivity (Wildman–Crippen MR) is 79.1 cm³/mol. The van der Waals surface area contributed by atoms with Crippen molar-refractivity contribution in [3.63, 3.8) is 0 Å². The number of nitrogens with zero attached hydrogens (tertiary/aromatic N) is 3. The van der Waals surface area contributed by atoms with Crippen molar-refractivity contribution in [2.45, 2.75) is 13.3 Å². The molecule has 0 unspecified atom stereocenters. The number of benzene rings is 2. The van der Waals surface area contributed by atoms with Crippen molar-refractivity contribution in [2.75, 3.05) is 12.3 Å². The maximum atomic E-state index is 5.74. The average molecular weight is 268 g/mol. The third-order valence-corrected chi connectivity index (χ3v) is 2.94. The molecule has 0 spiro atoms. The van der Waals surface area contributed by atoms with E-state index in [0.717, 1.165) is 35.5 Å². The number of fused-ring (bicyclic) bond motifs is 1. The van der Waals surface area contributed by atoms with Gasteiger partial charge < -0.3 is 10.5 Å². The number of hydrogen-bond donors (Lipinski definition) is 1. The van der Waals surface area contributed by atoms with Crippen LogP contribution in [0.15, 0.2) is 42.5 Å². The Hall–Kier alpha value is -2.56. The largest absolute Gasteiger partial charge is 0.494 e. The van der Waals surface area contributed by atoms with Crippen molar-refractivity contribution < 1.29 is 4.74 Å². The molecule has 102 valence electrons. The molecule has 0 aliphatic carbocycles. The molecule has 0 atom stereocenters. The van der Waals surface area contributed by atoms with E-state index in [1.807, 2.05) is 42.5 Å². The van der Waals surface area contributed by atoms with Gasteiger partial charge in [-0.15, -0.1) is 10.2 Å². The van der Waals surface area contributed by atoms with Gasteiger partial charge >= 0.3 is 0 Å². The number of anilines is 1. The lowest BCUT2D eigenvalue weighted by atomic mass is 10.3. The van der Waals surface area contributed by atoms with Crippen LogP contribution in [0.5, 0.6) is 5.75 Å². The summed E-state index contributed by atoms with van der Waals surface area (Å²) in [7, 11) is 0. The summed E-state index contributed by atoms with van der Waals surface area (Å²) in [6, 6.07) is 13.2. The Kier molecular flexibility index (Phi) is 3.25. The molecular formula is C15H16N4O. The molecule has 0 amide bonds. The van der Waals surface area contributed by atoms with Gasteiger partial charge in [0.25, 0.3) is 0 Å². The smallest absolute Gasteiger partial charge is 0.119 e. The molecule has 5 heteroatoms. The van der Waals surface area contributed by atoms with Crippen molar-refractivity contribution in [3.05, 3.63) is 42.5 Å². The molecule has 3 aromatic rings. The Bertz CT molecular complexity index is 718. The van der Waals surface area contributed by atoms with Crippen molar-refractivity contribution >= 4 is 16.7 Å². The maximum absolute atomic E-state index is 5.74. The number of hydrogen-bond acceptors (Lipinski definition) is 4. The molecule has 3 rings (SSSR count). The summed E-state index contributed by atoms with van der Waals surface area (Å²) in [5.74, 6) is 0.858. The first-order valence-corrected chi connectivity index (χ1v) is 6.62. The lowest BCUT2D eigenvalue weighted by molar-refractivity contribution is 0.317. The van der Waals surface area contributed by atoms with Gasteiger partial charge in [-0.05, 0) is 48.9 Å². The normalized spacial score (nSPS) is 10.8. The molecule has 0 bridgehead atoms. The topological polar surface area (TPSA) is 66.0 Å². The van der Waals surface area contributed by atoms with Crippen LogP contribution in [0.2, 0.25) is 0 Å². The van der Waals surface area contributed by atoms with E-state index in [9.17, 15) is 0 Å². The highest BCUT2D eigenvalue weighted by molar-refractivity contribution is 5.77. The Labute approximate surface area is 117 Å². The molecule has 0 saturated heterocycles. The highest BCUT2D eigenvalue weighted by Gasteiger charge is 2.05. The SMILES string of the molecule is CCCOc1ccc(-n2nc3ccc(N)cc3n2)cc1. The van der Waals surface area contributed by atoms with Gasteiger partial charge in [0.15, 0.2) is 0 Å². The third kappa shape index (κ3) is 2.42. The standard InChI is InChI=1S/C15H16N4O/c1-2-9-20-13-6-4-12(5-7-13)19-17-14-8-3-11(16)10-15(14)18-19/h3-8,10H,2,9,16H2,1H3. The minimum absolute atomic E-state index is 0.688. The molecule has 0 aliphatic heterocycles. The van der Waals surface area contributed by atoms with Gasteiger partial charge in [0.05, 0.1) is 12.3 Å². The van der Waals surface area contributed by atoms with Crippen LogP contribution in [0.3, 0.4) is 0 Å². The monoisotopic (exact) mass is 268 g/mol. The van der Waals surface area contributed by atoms with E-state index in [1.54, 1.807) is 4.80 Å². The lowest BCUT2D eigenvalue weighted by Crippen LogP contribution is -1.99. The minimum atomic E-state index is 0.688. The Morgan fingerprint density at radius 3 is 2.55 bits per heavy atom. The second kappa shape index (κ2) is 5.21. The second-order valence-corrected chi connectivity index (χ2v) is 4.58. The van der Waals surface area contributed by atoms with Crippen molar-refractivity contribution in [1.82, 2.24) is 15.0 Å². The van der Waals surface area contributed by atoms with Gasteiger partial charge in [0, 0.05) is 5.69 Å². The van der Waals surface area contributed by atoms with E-state index in [-0.39, 0.29) is 0 Å². The van der Waals surface area contributed by atoms with Crippen LogP contribution >= 0.6 is 0 Å². The van der Waals surface area contributed by atoms with Crippen molar-refractivity contribution in [3.8, 4) is 11.4 Å². The molecule has 0 aliphatic rings. The first kappa shape index (κ1) is 12.5. The van der Waals surface area contributed by atoms with Gasteiger partial charge in [-0.25, -0.2) is 0 Å². The second-order valence-electron chi connectivity index (χ2n) is 4.58. The van der Waals surface area contributed by atoms with Gasteiger partial charge in [-0.1, -0.05) is 6.92 Å². The highest BCUT2D eigenvalue weighted by Crippen LogP contribution is 2.18. The van der Waals surface area contributed by atoms with Crippen LogP contribution in [0.1, 0.15) is 13.3 Å². The van der Waals surface area contributed by atoms with Crippen LogP contribution in [0.25, 0.3) is 16.7 Å². The van der Waals surface area contributed by atoms with Crippen LogP contribution in [0, 0.1) is 0 Å². The summed E-state index contributed by atoms with van der Waals surface area (Å²) in [5, 5.41) is 8.85. The van der Waals surface area contributed by atoms with E-state index in [1.165, 1.54) is 0 Å². The van der Waals surface area contributed by atoms with Gasteiger partial charge in [0.1, 0.15) is 16.8 Å². The zero-order valence-corrected chi connectivity index (χ0v) is 11.3. The highest BCUT2D eigenvalue weighted by atomic mass is 16.5. The van der Waals surface area contributed by atoms with E-state index < -0.39 is 0 Å². The fraction of sp³-hybridized carbons (Fsp3) is 0.200. The molecule has 2 aromatic carbocycles. The van der Waals surface area contributed by atoms with Gasteiger partial charge in [-0.2, -0.15) is 4.80 Å². The van der Waals surface area contributed by atoms with E-state index in [0.29, 0.717) is 5.69 Å². The van der Waals surface area contributed by atoms with Crippen molar-refractivity contribution in [1.29, 1.82) is 0 Å². The van der Waals surface area contributed by atoms with Crippen molar-refractivity contribution in [2.24, 2.45) is 0 Å². The molecule has 5 nitrogen and oxygen atoms in total. The quantitative estimate of drug-likeness (QED) is 0.739. The molecular weight excluding hydrogens is 252 g/mol. The van der Waals surface area contributed by atoms with Crippen LogP contribution in [-0.4, -0.2) is 21.6 Å². The summed E-state index contributed by atoms with van der Waals surface area (Å²) >= 11 is 0. The summed E-state index contributed by atoms with van der Waals surface area (Å²) in [5.41, 5.74) is 8.94. The number of nitrogen functional groups attached to an aromatic ring is 1. The zero-order chi connectivity index (χ0) is 13.9. The summed E-state index contributed by atoms with van der Waals surface area (Å²) in [6.07, 6.45) is 0.995. The Morgan fingerprint density at radius 1 is 1.05 bits per heavy atom. The number of rotatable bonds is 4. The molecule has 1 aromatic heterocycles. The molecule has 20 heavy (non-hydrogen) atoms. The maximum Gasteiger partial charge on any atom is 0.119 e. The number of aromatic nitrogens is 3. The summed E-state index contributed by atoms with van der Waals surface area (Å²) in [4.78, 5) is 1.60. The van der Waals surface area contributed by atoms with Crippen LogP contribution < -0.4 is 10.5 Å². The summed E-state index contributed by atoms with van der Waals surface area (Å²) < 4.78 is 5.55. The Morgan fingerprint density at radius 2 is 1.80 bits per heavy atom. The minimum Gasteiger partial charge on any atom is -0.494 e. The van der Waals surface area contributed by atoms with Gasteiger partial charge in [0.2, 0.25) is 0 Å². The number of ether oxygens (including phenoxy) is 1. The summed E-state index contributed by atoms with van der Waals surface area (Å²) in [6.45, 7) is 2.81. The van der Waals surface area contributed by atoms with E-state index in [4.69, 9.17) is 10.5 Å². The van der Waals surface area contributed by atoms with Crippen LogP contribution in [-0.2, 0) is 0 Å². The fourth-order valence-corrected chi connectivity index (χ4v) is 1.94.